The highest BCUT2D eigenvalue weighted by molar-refractivity contribution is 5.70. The fourth-order valence-corrected chi connectivity index (χ4v) is 1.94. The lowest BCUT2D eigenvalue weighted by atomic mass is 10.0. The predicted octanol–water partition coefficient (Wildman–Crippen LogP) is 2.71. The molecule has 3 nitrogen and oxygen atoms in total. The average molecular weight is 216 g/mol. The molecule has 0 aliphatic carbocycles. The van der Waals surface area contributed by atoms with E-state index in [1.807, 2.05) is 30.1 Å². The van der Waals surface area contributed by atoms with E-state index < -0.39 is 0 Å². The molecule has 0 aliphatic heterocycles. The number of methoxy groups -OCH3 is 1. The van der Waals surface area contributed by atoms with E-state index in [4.69, 9.17) is 4.74 Å². The third-order valence-corrected chi connectivity index (χ3v) is 2.73. The van der Waals surface area contributed by atoms with E-state index in [2.05, 4.69) is 25.0 Å². The van der Waals surface area contributed by atoms with E-state index in [9.17, 15) is 0 Å². The number of nitrogens with zero attached hydrogens (tertiary/aromatic N) is 2. The molecule has 1 heterocycles. The Labute approximate surface area is 95.7 Å². The number of benzene rings is 1. The molecular weight excluding hydrogens is 200 g/mol. The highest BCUT2D eigenvalue weighted by atomic mass is 16.5. The Bertz CT molecular complexity index is 495. The number of hydrogen-bond acceptors (Lipinski definition) is 2. The van der Waals surface area contributed by atoms with Gasteiger partial charge in [0, 0.05) is 12.6 Å². The quantitative estimate of drug-likeness (QED) is 0.771. The van der Waals surface area contributed by atoms with Crippen molar-refractivity contribution in [3.8, 4) is 17.0 Å². The molecule has 0 aliphatic rings. The van der Waals surface area contributed by atoms with Gasteiger partial charge in [-0.15, -0.1) is 0 Å². The Morgan fingerprint density at radius 3 is 2.56 bits per heavy atom. The van der Waals surface area contributed by atoms with Crippen LogP contribution in [0.4, 0.5) is 0 Å². The highest BCUT2D eigenvalue weighted by Gasteiger charge is 2.12. The van der Waals surface area contributed by atoms with Gasteiger partial charge >= 0.3 is 0 Å². The molecule has 1 aromatic carbocycles. The molecule has 0 N–H and O–H groups in total. The number of hydrogen-bond donors (Lipinski definition) is 0. The topological polar surface area (TPSA) is 27.1 Å². The van der Waals surface area contributed by atoms with Crippen LogP contribution in [0.25, 0.3) is 11.3 Å². The second-order valence-corrected chi connectivity index (χ2v) is 4.00. The second kappa shape index (κ2) is 4.00. The minimum absolute atomic E-state index is 0.886. The molecule has 0 atom stereocenters. The molecule has 2 rings (SSSR count). The van der Waals surface area contributed by atoms with Crippen molar-refractivity contribution in [1.82, 2.24) is 9.78 Å². The lowest BCUT2D eigenvalue weighted by molar-refractivity contribution is 0.416. The maximum atomic E-state index is 5.39. The van der Waals surface area contributed by atoms with Crippen molar-refractivity contribution in [2.75, 3.05) is 7.11 Å². The van der Waals surface area contributed by atoms with Gasteiger partial charge in [-0.05, 0) is 31.5 Å². The van der Waals surface area contributed by atoms with Gasteiger partial charge in [-0.25, -0.2) is 0 Å². The Balaban J connectivity index is 2.67. The van der Waals surface area contributed by atoms with E-state index >= 15 is 0 Å². The molecule has 3 heteroatoms. The van der Waals surface area contributed by atoms with Gasteiger partial charge in [-0.1, -0.05) is 11.6 Å². The summed E-state index contributed by atoms with van der Waals surface area (Å²) >= 11 is 0. The largest absolute Gasteiger partial charge is 0.496 e. The van der Waals surface area contributed by atoms with Gasteiger partial charge in [0.05, 0.1) is 19.0 Å². The Hall–Kier alpha value is -1.77. The van der Waals surface area contributed by atoms with Gasteiger partial charge in [0.25, 0.3) is 0 Å². The zero-order chi connectivity index (χ0) is 11.7. The Kier molecular flexibility index (Phi) is 2.69. The van der Waals surface area contributed by atoms with E-state index in [1.165, 1.54) is 5.56 Å². The molecule has 0 fully saturated rings. The normalized spacial score (nSPS) is 10.5. The molecule has 0 saturated heterocycles. The number of rotatable bonds is 2. The summed E-state index contributed by atoms with van der Waals surface area (Å²) in [5.41, 5.74) is 4.59. The van der Waals surface area contributed by atoms with Gasteiger partial charge in [-0.3, -0.25) is 4.68 Å². The van der Waals surface area contributed by atoms with E-state index in [0.717, 1.165) is 22.6 Å². The maximum Gasteiger partial charge on any atom is 0.128 e. The van der Waals surface area contributed by atoms with Crippen molar-refractivity contribution in [3.63, 3.8) is 0 Å². The molecule has 0 bridgehead atoms. The van der Waals surface area contributed by atoms with Crippen molar-refractivity contribution in [2.45, 2.75) is 13.8 Å². The second-order valence-electron chi connectivity index (χ2n) is 4.00. The first-order valence-electron chi connectivity index (χ1n) is 5.27. The molecule has 1 aromatic heterocycles. The van der Waals surface area contributed by atoms with Gasteiger partial charge in [0.2, 0.25) is 0 Å². The van der Waals surface area contributed by atoms with Crippen LogP contribution in [-0.2, 0) is 7.05 Å². The first kappa shape index (κ1) is 10.7. The molecular formula is C13H16N2O. The smallest absolute Gasteiger partial charge is 0.128 e. The fraction of sp³-hybridized carbons (Fsp3) is 0.308. The summed E-state index contributed by atoms with van der Waals surface area (Å²) in [7, 11) is 3.64. The van der Waals surface area contributed by atoms with Crippen LogP contribution in [0.2, 0.25) is 0 Å². The van der Waals surface area contributed by atoms with Crippen molar-refractivity contribution >= 4 is 0 Å². The lowest BCUT2D eigenvalue weighted by Gasteiger charge is -2.10. The van der Waals surface area contributed by atoms with Crippen molar-refractivity contribution in [1.29, 1.82) is 0 Å². The summed E-state index contributed by atoms with van der Waals surface area (Å²) in [6.45, 7) is 4.14. The Morgan fingerprint density at radius 2 is 2.00 bits per heavy atom. The molecule has 0 saturated carbocycles. The minimum Gasteiger partial charge on any atom is -0.496 e. The highest BCUT2D eigenvalue weighted by Crippen LogP contribution is 2.32. The maximum absolute atomic E-state index is 5.39. The SMILES string of the molecule is COc1ccc(C)cc1-c1c(C)cnn1C. The summed E-state index contributed by atoms with van der Waals surface area (Å²) in [6, 6.07) is 6.17. The van der Waals surface area contributed by atoms with Crippen LogP contribution in [0.5, 0.6) is 5.75 Å². The van der Waals surface area contributed by atoms with Crippen molar-refractivity contribution in [2.24, 2.45) is 7.05 Å². The third kappa shape index (κ3) is 1.69. The molecule has 0 spiro atoms. The van der Waals surface area contributed by atoms with Gasteiger partial charge in [-0.2, -0.15) is 5.10 Å². The van der Waals surface area contributed by atoms with Gasteiger partial charge in [0.15, 0.2) is 0 Å². The minimum atomic E-state index is 0.886. The van der Waals surface area contributed by atoms with Crippen LogP contribution in [0, 0.1) is 13.8 Å². The first-order valence-corrected chi connectivity index (χ1v) is 5.27. The van der Waals surface area contributed by atoms with E-state index in [0.29, 0.717) is 0 Å². The van der Waals surface area contributed by atoms with Crippen molar-refractivity contribution < 1.29 is 4.74 Å². The van der Waals surface area contributed by atoms with Crippen LogP contribution in [0.3, 0.4) is 0 Å². The number of aryl methyl sites for hydroxylation is 3. The summed E-state index contributed by atoms with van der Waals surface area (Å²) in [5.74, 6) is 0.886. The van der Waals surface area contributed by atoms with Gasteiger partial charge < -0.3 is 4.74 Å². The monoisotopic (exact) mass is 216 g/mol. The van der Waals surface area contributed by atoms with Crippen molar-refractivity contribution in [3.05, 3.63) is 35.5 Å². The average Bonchev–Trinajstić information content (AvgIpc) is 2.58. The van der Waals surface area contributed by atoms with Crippen LogP contribution in [0.1, 0.15) is 11.1 Å². The van der Waals surface area contributed by atoms with E-state index in [1.54, 1.807) is 7.11 Å². The molecule has 0 amide bonds. The van der Waals surface area contributed by atoms with E-state index in [-0.39, 0.29) is 0 Å². The number of aromatic nitrogens is 2. The first-order chi connectivity index (χ1) is 7.63. The molecule has 84 valence electrons. The zero-order valence-corrected chi connectivity index (χ0v) is 10.1. The summed E-state index contributed by atoms with van der Waals surface area (Å²) < 4.78 is 7.27. The fourth-order valence-electron chi connectivity index (χ4n) is 1.94. The van der Waals surface area contributed by atoms with Crippen LogP contribution in [-0.4, -0.2) is 16.9 Å². The lowest BCUT2D eigenvalue weighted by Crippen LogP contribution is -1.97. The number of ether oxygens (including phenoxy) is 1. The van der Waals surface area contributed by atoms with Crippen LogP contribution < -0.4 is 4.74 Å². The summed E-state index contributed by atoms with van der Waals surface area (Å²) in [6.07, 6.45) is 1.87. The molecule has 2 aromatic rings. The zero-order valence-electron chi connectivity index (χ0n) is 10.1. The molecule has 0 radical (unpaired) electrons. The molecule has 16 heavy (non-hydrogen) atoms. The standard InChI is InChI=1S/C13H16N2O/c1-9-5-6-12(16-4)11(7-9)13-10(2)8-14-15(13)3/h5-8H,1-4H3. The van der Waals surface area contributed by atoms with Crippen LogP contribution >= 0.6 is 0 Å². The molecule has 0 unspecified atom stereocenters. The van der Waals surface area contributed by atoms with Crippen LogP contribution in [0.15, 0.2) is 24.4 Å². The van der Waals surface area contributed by atoms with Gasteiger partial charge in [0.1, 0.15) is 5.75 Å². The predicted molar refractivity (Wildman–Crippen MR) is 64.7 cm³/mol. The third-order valence-electron chi connectivity index (χ3n) is 2.73. The summed E-state index contributed by atoms with van der Waals surface area (Å²) in [4.78, 5) is 0. The summed E-state index contributed by atoms with van der Waals surface area (Å²) in [5, 5.41) is 4.26. The Morgan fingerprint density at radius 1 is 1.25 bits per heavy atom.